The number of ether oxygens (including phenoxy) is 2. The molecule has 39 heavy (non-hydrogen) atoms. The second-order valence-electron chi connectivity index (χ2n) is 9.32. The van der Waals surface area contributed by atoms with Gasteiger partial charge in [0.05, 0.1) is 18.7 Å². The van der Waals surface area contributed by atoms with Crippen LogP contribution in [0, 0.1) is 6.92 Å². The summed E-state index contributed by atoms with van der Waals surface area (Å²) in [7, 11) is 1.53. The van der Waals surface area contributed by atoms with Gasteiger partial charge in [0.2, 0.25) is 5.78 Å². The van der Waals surface area contributed by atoms with Crippen molar-refractivity contribution in [3.05, 3.63) is 131 Å². The molecule has 198 valence electrons. The number of aliphatic hydroxyl groups excluding tert-OH is 1. The van der Waals surface area contributed by atoms with Gasteiger partial charge in [-0.05, 0) is 54.3 Å². The largest absolute Gasteiger partial charge is 0.503 e. The van der Waals surface area contributed by atoms with E-state index in [0.29, 0.717) is 42.4 Å². The highest BCUT2D eigenvalue weighted by atomic mass is 16.5. The number of aryl methyl sites for hydroxylation is 1. The smallest absolute Gasteiger partial charge is 0.290 e. The number of aliphatic hydroxyl groups is 1. The van der Waals surface area contributed by atoms with Gasteiger partial charge in [0.25, 0.3) is 5.91 Å². The van der Waals surface area contributed by atoms with Crippen molar-refractivity contribution in [1.29, 1.82) is 0 Å². The van der Waals surface area contributed by atoms with Crippen molar-refractivity contribution in [1.82, 2.24) is 4.90 Å². The maximum atomic E-state index is 13.6. The number of carbonyl (C=O) groups is 2. The van der Waals surface area contributed by atoms with E-state index in [9.17, 15) is 14.7 Å². The molecule has 0 aliphatic carbocycles. The first kappa shape index (κ1) is 25.9. The predicted octanol–water partition coefficient (Wildman–Crippen LogP) is 6.00. The fourth-order valence-corrected chi connectivity index (χ4v) is 4.76. The molecule has 1 aromatic heterocycles. The number of nitrogens with zero attached hydrogens (tertiary/aromatic N) is 1. The minimum Gasteiger partial charge on any atom is -0.503 e. The summed E-state index contributed by atoms with van der Waals surface area (Å²) in [4.78, 5) is 28.4. The Bertz CT molecular complexity index is 1510. The Balaban J connectivity index is 1.49. The van der Waals surface area contributed by atoms with Crippen LogP contribution in [0.1, 0.15) is 39.0 Å². The number of amides is 1. The lowest BCUT2D eigenvalue weighted by Crippen LogP contribution is -2.33. The van der Waals surface area contributed by atoms with Crippen LogP contribution >= 0.6 is 0 Å². The lowest BCUT2D eigenvalue weighted by molar-refractivity contribution is -0.129. The van der Waals surface area contributed by atoms with Crippen LogP contribution < -0.4 is 9.47 Å². The topological polar surface area (TPSA) is 89.2 Å². The fourth-order valence-electron chi connectivity index (χ4n) is 4.76. The number of rotatable bonds is 10. The molecule has 0 saturated carbocycles. The fraction of sp³-hybridized carbons (Fsp3) is 0.188. The molecule has 7 heteroatoms. The van der Waals surface area contributed by atoms with E-state index in [0.717, 1.165) is 11.1 Å². The van der Waals surface area contributed by atoms with Crippen LogP contribution in [0.2, 0.25) is 0 Å². The van der Waals surface area contributed by atoms with Crippen molar-refractivity contribution in [3.8, 4) is 11.5 Å². The maximum Gasteiger partial charge on any atom is 0.290 e. The summed E-state index contributed by atoms with van der Waals surface area (Å²) < 4.78 is 17.2. The molecular formula is C32H29NO6. The summed E-state index contributed by atoms with van der Waals surface area (Å²) in [5, 5.41) is 11.0. The predicted molar refractivity (Wildman–Crippen MR) is 146 cm³/mol. The SMILES string of the molecule is COc1cc(C2C(C(=O)c3ccc(C)o3)=C(O)C(=O)N2CCc2ccccc2)ccc1OCc1ccccc1. The molecule has 1 unspecified atom stereocenters. The van der Waals surface area contributed by atoms with E-state index in [1.807, 2.05) is 60.7 Å². The van der Waals surface area contributed by atoms with Crippen molar-refractivity contribution in [2.75, 3.05) is 13.7 Å². The monoisotopic (exact) mass is 523 g/mol. The average molecular weight is 524 g/mol. The minimum absolute atomic E-state index is 0.0255. The van der Waals surface area contributed by atoms with E-state index in [2.05, 4.69) is 0 Å². The summed E-state index contributed by atoms with van der Waals surface area (Å²) >= 11 is 0. The van der Waals surface area contributed by atoms with Gasteiger partial charge in [-0.3, -0.25) is 9.59 Å². The molecule has 0 bridgehead atoms. The molecule has 7 nitrogen and oxygen atoms in total. The molecule has 1 atom stereocenters. The summed E-state index contributed by atoms with van der Waals surface area (Å²) in [6, 6.07) is 27.2. The van der Waals surface area contributed by atoms with Crippen molar-refractivity contribution in [2.24, 2.45) is 0 Å². The number of Topliss-reactive ketones (excluding diaryl/α,β-unsaturated/α-hetero) is 1. The van der Waals surface area contributed by atoms with E-state index in [4.69, 9.17) is 13.9 Å². The van der Waals surface area contributed by atoms with Crippen molar-refractivity contribution in [2.45, 2.75) is 26.0 Å². The Morgan fingerprint density at radius 2 is 1.62 bits per heavy atom. The second kappa shape index (κ2) is 11.3. The number of hydrogen-bond acceptors (Lipinski definition) is 6. The van der Waals surface area contributed by atoms with Gasteiger partial charge in [-0.15, -0.1) is 0 Å². The zero-order valence-electron chi connectivity index (χ0n) is 21.8. The van der Waals surface area contributed by atoms with Crippen LogP contribution in [0.5, 0.6) is 11.5 Å². The number of hydrogen-bond donors (Lipinski definition) is 1. The van der Waals surface area contributed by atoms with Crippen LogP contribution in [0.25, 0.3) is 0 Å². The molecule has 2 heterocycles. The Kier molecular flexibility index (Phi) is 7.50. The molecule has 1 aliphatic heterocycles. The lowest BCUT2D eigenvalue weighted by atomic mass is 9.94. The molecule has 0 saturated heterocycles. The standard InChI is InChI=1S/C32H29NO6/c1-21-13-15-26(39-21)30(34)28-29(33(32(36)31(28)35)18-17-22-9-5-3-6-10-22)24-14-16-25(27(19-24)37-2)38-20-23-11-7-4-8-12-23/h3-16,19,29,35H,17-18,20H2,1-2H3. The first-order valence-corrected chi connectivity index (χ1v) is 12.7. The van der Waals surface area contributed by atoms with Crippen LogP contribution in [0.3, 0.4) is 0 Å². The highest BCUT2D eigenvalue weighted by Crippen LogP contribution is 2.42. The van der Waals surface area contributed by atoms with Gasteiger partial charge in [-0.2, -0.15) is 0 Å². The number of ketones is 1. The van der Waals surface area contributed by atoms with E-state index in [-0.39, 0.29) is 11.3 Å². The molecule has 5 rings (SSSR count). The number of benzene rings is 3. The maximum absolute atomic E-state index is 13.6. The number of carbonyl (C=O) groups excluding carboxylic acids is 2. The third-order valence-corrected chi connectivity index (χ3v) is 6.74. The van der Waals surface area contributed by atoms with Crippen LogP contribution in [-0.4, -0.2) is 35.4 Å². The summed E-state index contributed by atoms with van der Waals surface area (Å²) in [5.74, 6) is -0.127. The molecule has 0 radical (unpaired) electrons. The Hall–Kier alpha value is -4.78. The third kappa shape index (κ3) is 5.43. The minimum atomic E-state index is -0.837. The van der Waals surface area contributed by atoms with Gasteiger partial charge in [0.15, 0.2) is 23.0 Å². The Morgan fingerprint density at radius 1 is 0.923 bits per heavy atom. The van der Waals surface area contributed by atoms with Gasteiger partial charge < -0.3 is 23.9 Å². The zero-order chi connectivity index (χ0) is 27.4. The zero-order valence-corrected chi connectivity index (χ0v) is 21.8. The van der Waals surface area contributed by atoms with E-state index in [1.165, 1.54) is 12.0 Å². The highest BCUT2D eigenvalue weighted by molar-refractivity contribution is 6.15. The quantitative estimate of drug-likeness (QED) is 0.257. The molecule has 3 aromatic carbocycles. The third-order valence-electron chi connectivity index (χ3n) is 6.74. The van der Waals surface area contributed by atoms with E-state index >= 15 is 0 Å². The van der Waals surface area contributed by atoms with Gasteiger partial charge in [0, 0.05) is 6.54 Å². The summed E-state index contributed by atoms with van der Waals surface area (Å²) in [5.41, 5.74) is 2.62. The molecule has 1 amide bonds. The lowest BCUT2D eigenvalue weighted by Gasteiger charge is -2.27. The Labute approximate surface area is 226 Å². The molecular weight excluding hydrogens is 494 g/mol. The first-order valence-electron chi connectivity index (χ1n) is 12.7. The van der Waals surface area contributed by atoms with E-state index in [1.54, 1.807) is 37.3 Å². The van der Waals surface area contributed by atoms with Gasteiger partial charge in [-0.25, -0.2) is 0 Å². The van der Waals surface area contributed by atoms with Crippen molar-refractivity contribution < 1.29 is 28.6 Å². The normalized spacial score (nSPS) is 15.1. The van der Waals surface area contributed by atoms with Gasteiger partial charge in [0.1, 0.15) is 12.4 Å². The van der Waals surface area contributed by atoms with Crippen LogP contribution in [0.4, 0.5) is 0 Å². The molecule has 0 fully saturated rings. The number of methoxy groups -OCH3 is 1. The molecule has 1 aliphatic rings. The summed E-state index contributed by atoms with van der Waals surface area (Å²) in [6.45, 7) is 2.37. The van der Waals surface area contributed by atoms with Crippen molar-refractivity contribution in [3.63, 3.8) is 0 Å². The van der Waals surface area contributed by atoms with Gasteiger partial charge >= 0.3 is 0 Å². The van der Waals surface area contributed by atoms with Gasteiger partial charge in [-0.1, -0.05) is 66.7 Å². The number of furan rings is 1. The first-order chi connectivity index (χ1) is 19.0. The van der Waals surface area contributed by atoms with E-state index < -0.39 is 23.5 Å². The average Bonchev–Trinajstić information content (AvgIpc) is 3.52. The Morgan fingerprint density at radius 3 is 2.26 bits per heavy atom. The highest BCUT2D eigenvalue weighted by Gasteiger charge is 2.44. The van der Waals surface area contributed by atoms with Crippen LogP contribution in [0.15, 0.2) is 107 Å². The van der Waals surface area contributed by atoms with Crippen LogP contribution in [-0.2, 0) is 17.8 Å². The van der Waals surface area contributed by atoms with Crippen molar-refractivity contribution >= 4 is 11.7 Å². The molecule has 4 aromatic rings. The second-order valence-corrected chi connectivity index (χ2v) is 9.32. The molecule has 0 spiro atoms. The molecule has 1 N–H and O–H groups in total. The summed E-state index contributed by atoms with van der Waals surface area (Å²) in [6.07, 6.45) is 0.549.